The zero-order valence-electron chi connectivity index (χ0n) is 20.7. The van der Waals surface area contributed by atoms with Gasteiger partial charge in [-0.2, -0.15) is 0 Å². The van der Waals surface area contributed by atoms with Crippen LogP contribution in [-0.2, 0) is 11.3 Å². The number of phenols is 1. The number of hydrogen-bond acceptors (Lipinski definition) is 10. The number of phenolic OH excluding ortho intramolecular Hbond substituents is 1. The van der Waals surface area contributed by atoms with Gasteiger partial charge in [-0.15, -0.1) is 10.2 Å². The molecule has 0 saturated carbocycles. The highest BCUT2D eigenvalue weighted by atomic mass is 32.2. The first-order valence-corrected chi connectivity index (χ1v) is 12.4. The van der Waals surface area contributed by atoms with Crippen LogP contribution in [0.2, 0.25) is 0 Å². The van der Waals surface area contributed by atoms with Gasteiger partial charge in [-0.05, 0) is 31.0 Å². The van der Waals surface area contributed by atoms with Gasteiger partial charge < -0.3 is 20.3 Å². The Labute approximate surface area is 220 Å². The Morgan fingerprint density at radius 1 is 1.11 bits per heavy atom. The molecule has 0 fully saturated rings. The predicted molar refractivity (Wildman–Crippen MR) is 138 cm³/mol. The van der Waals surface area contributed by atoms with E-state index < -0.39 is 39.1 Å². The maximum absolute atomic E-state index is 12.9. The standard InChI is InChI=1S/C23H25N7O7S/c1-4-28-21(20(13(2)3)25-22(33)14-6-5-7-16(10-14)29(34)35)26-27-23(28)38-12-19(32)24-15-8-9-18(31)17(11-15)30(36)37/h5-11,13,20,31H,4,12H2,1-3H3,(H,24,32)(H,25,33)/t20-/m1/s1. The molecule has 3 aromatic rings. The van der Waals surface area contributed by atoms with Gasteiger partial charge in [-0.25, -0.2) is 0 Å². The SMILES string of the molecule is CCn1c(SCC(=O)Nc2ccc(O)c([N+](=O)[O-])c2)nnc1[C@H](NC(=O)c1cccc([N+](=O)[O-])c1)C(C)C. The molecular weight excluding hydrogens is 518 g/mol. The molecule has 38 heavy (non-hydrogen) atoms. The van der Waals surface area contributed by atoms with E-state index in [2.05, 4.69) is 20.8 Å². The quantitative estimate of drug-likeness (QED) is 0.139. The Morgan fingerprint density at radius 3 is 2.47 bits per heavy atom. The van der Waals surface area contributed by atoms with Crippen molar-refractivity contribution < 1.29 is 24.5 Å². The maximum atomic E-state index is 12.9. The van der Waals surface area contributed by atoms with Crippen molar-refractivity contribution in [3.63, 3.8) is 0 Å². The smallest absolute Gasteiger partial charge is 0.312 e. The Kier molecular flexibility index (Phi) is 8.96. The lowest BCUT2D eigenvalue weighted by atomic mass is 10.0. The van der Waals surface area contributed by atoms with E-state index in [9.17, 15) is 34.9 Å². The lowest BCUT2D eigenvalue weighted by molar-refractivity contribution is -0.385. The maximum Gasteiger partial charge on any atom is 0.312 e. The van der Waals surface area contributed by atoms with Gasteiger partial charge in [0.2, 0.25) is 5.91 Å². The minimum atomic E-state index is -0.756. The number of anilines is 1. The van der Waals surface area contributed by atoms with Gasteiger partial charge in [-0.3, -0.25) is 29.8 Å². The summed E-state index contributed by atoms with van der Waals surface area (Å²) < 4.78 is 1.75. The van der Waals surface area contributed by atoms with Crippen molar-refractivity contribution in [1.29, 1.82) is 0 Å². The third-order valence-corrected chi connectivity index (χ3v) is 6.37. The highest BCUT2D eigenvalue weighted by molar-refractivity contribution is 7.99. The fraction of sp³-hybridized carbons (Fsp3) is 0.304. The first-order valence-electron chi connectivity index (χ1n) is 11.4. The molecule has 200 valence electrons. The molecule has 1 atom stereocenters. The largest absolute Gasteiger partial charge is 0.502 e. The molecule has 15 heteroatoms. The molecule has 14 nitrogen and oxygen atoms in total. The topological polar surface area (TPSA) is 195 Å². The number of carbonyl (C=O) groups is 2. The number of nitro groups is 2. The van der Waals surface area contributed by atoms with Gasteiger partial charge in [0, 0.05) is 36.0 Å². The molecular formula is C23H25N7O7S. The van der Waals surface area contributed by atoms with Crippen LogP contribution in [0.1, 0.15) is 43.0 Å². The number of non-ortho nitro benzene ring substituents is 1. The molecule has 3 N–H and O–H groups in total. The summed E-state index contributed by atoms with van der Waals surface area (Å²) in [5.74, 6) is -1.21. The zero-order valence-corrected chi connectivity index (χ0v) is 21.5. The lowest BCUT2D eigenvalue weighted by Gasteiger charge is -2.22. The van der Waals surface area contributed by atoms with E-state index in [-0.39, 0.29) is 28.6 Å². The number of nitrogens with zero attached hydrogens (tertiary/aromatic N) is 5. The van der Waals surface area contributed by atoms with Crippen LogP contribution in [0.3, 0.4) is 0 Å². The van der Waals surface area contributed by atoms with E-state index in [1.165, 1.54) is 30.3 Å². The van der Waals surface area contributed by atoms with Gasteiger partial charge in [0.1, 0.15) is 0 Å². The number of hydrogen-bond donors (Lipinski definition) is 3. The van der Waals surface area contributed by atoms with Crippen LogP contribution in [-0.4, -0.2) is 47.3 Å². The number of amides is 2. The number of benzene rings is 2. The molecule has 2 aromatic carbocycles. The van der Waals surface area contributed by atoms with Gasteiger partial charge >= 0.3 is 5.69 Å². The first kappa shape index (κ1) is 28.0. The molecule has 0 radical (unpaired) electrons. The molecule has 0 bridgehead atoms. The average molecular weight is 544 g/mol. The first-order chi connectivity index (χ1) is 18.0. The zero-order chi connectivity index (χ0) is 28.0. The number of aromatic hydroxyl groups is 1. The summed E-state index contributed by atoms with van der Waals surface area (Å²) >= 11 is 1.09. The van der Waals surface area contributed by atoms with Crippen molar-refractivity contribution >= 4 is 40.6 Å². The monoisotopic (exact) mass is 543 g/mol. The van der Waals surface area contributed by atoms with Crippen LogP contribution in [0.5, 0.6) is 5.75 Å². The number of rotatable bonds is 11. The van der Waals surface area contributed by atoms with E-state index >= 15 is 0 Å². The molecule has 0 aliphatic carbocycles. The highest BCUT2D eigenvalue weighted by Crippen LogP contribution is 2.29. The third kappa shape index (κ3) is 6.61. The highest BCUT2D eigenvalue weighted by Gasteiger charge is 2.27. The molecule has 0 saturated heterocycles. The predicted octanol–water partition coefficient (Wildman–Crippen LogP) is 3.68. The molecule has 0 spiro atoms. The van der Waals surface area contributed by atoms with E-state index in [0.717, 1.165) is 23.9 Å². The molecule has 1 heterocycles. The van der Waals surface area contributed by atoms with E-state index in [4.69, 9.17) is 0 Å². The summed E-state index contributed by atoms with van der Waals surface area (Å²) in [6.45, 7) is 6.05. The molecule has 2 amide bonds. The number of nitrogens with one attached hydrogen (secondary N) is 2. The van der Waals surface area contributed by atoms with E-state index in [1.807, 2.05) is 20.8 Å². The van der Waals surface area contributed by atoms with Gasteiger partial charge in [-0.1, -0.05) is 31.7 Å². The van der Waals surface area contributed by atoms with Gasteiger partial charge in [0.15, 0.2) is 16.7 Å². The molecule has 0 aliphatic heterocycles. The second kappa shape index (κ2) is 12.1. The number of carbonyl (C=O) groups excluding carboxylic acids is 2. The number of aromatic nitrogens is 3. The summed E-state index contributed by atoms with van der Waals surface area (Å²) in [5.41, 5.74) is -0.443. The minimum Gasteiger partial charge on any atom is -0.502 e. The number of thioether (sulfide) groups is 1. The van der Waals surface area contributed by atoms with Crippen molar-refractivity contribution in [2.24, 2.45) is 5.92 Å². The van der Waals surface area contributed by atoms with Crippen LogP contribution in [0.15, 0.2) is 47.6 Å². The van der Waals surface area contributed by atoms with Gasteiger partial charge in [0.05, 0.1) is 21.6 Å². The van der Waals surface area contributed by atoms with Crippen molar-refractivity contribution in [2.45, 2.75) is 38.5 Å². The minimum absolute atomic E-state index is 0.0841. The Morgan fingerprint density at radius 2 is 1.84 bits per heavy atom. The second-order valence-electron chi connectivity index (χ2n) is 8.39. The Balaban J connectivity index is 1.73. The fourth-order valence-corrected chi connectivity index (χ4v) is 4.33. The van der Waals surface area contributed by atoms with E-state index in [1.54, 1.807) is 4.57 Å². The van der Waals surface area contributed by atoms with Crippen LogP contribution < -0.4 is 10.6 Å². The molecule has 1 aromatic heterocycles. The Hall–Kier alpha value is -4.53. The molecule has 3 rings (SSSR count). The summed E-state index contributed by atoms with van der Waals surface area (Å²) in [5, 5.41) is 45.9. The summed E-state index contributed by atoms with van der Waals surface area (Å²) in [7, 11) is 0. The molecule has 0 aliphatic rings. The van der Waals surface area contributed by atoms with Crippen LogP contribution in [0, 0.1) is 26.1 Å². The van der Waals surface area contributed by atoms with E-state index in [0.29, 0.717) is 17.5 Å². The third-order valence-electron chi connectivity index (χ3n) is 5.40. The summed E-state index contributed by atoms with van der Waals surface area (Å²) in [6.07, 6.45) is 0. The Bertz CT molecular complexity index is 1380. The van der Waals surface area contributed by atoms with Crippen LogP contribution in [0.25, 0.3) is 0 Å². The number of nitro benzene ring substituents is 2. The average Bonchev–Trinajstić information content (AvgIpc) is 3.29. The van der Waals surface area contributed by atoms with Crippen molar-refractivity contribution in [3.05, 3.63) is 74.1 Å². The van der Waals surface area contributed by atoms with Crippen LogP contribution in [0.4, 0.5) is 17.1 Å². The van der Waals surface area contributed by atoms with Crippen LogP contribution >= 0.6 is 11.8 Å². The second-order valence-corrected chi connectivity index (χ2v) is 9.33. The van der Waals surface area contributed by atoms with Crippen molar-refractivity contribution in [2.75, 3.05) is 11.1 Å². The summed E-state index contributed by atoms with van der Waals surface area (Å²) in [6, 6.07) is 8.35. The molecule has 0 unspecified atom stereocenters. The van der Waals surface area contributed by atoms with Crippen molar-refractivity contribution in [1.82, 2.24) is 20.1 Å². The lowest BCUT2D eigenvalue weighted by Crippen LogP contribution is -2.33. The van der Waals surface area contributed by atoms with Crippen molar-refractivity contribution in [3.8, 4) is 5.75 Å². The summed E-state index contributed by atoms with van der Waals surface area (Å²) in [4.78, 5) is 46.1. The fourth-order valence-electron chi connectivity index (χ4n) is 3.52. The normalized spacial score (nSPS) is 11.7. The van der Waals surface area contributed by atoms with Gasteiger partial charge in [0.25, 0.3) is 11.6 Å².